The van der Waals surface area contributed by atoms with Gasteiger partial charge in [-0.2, -0.15) is 0 Å². The highest BCUT2D eigenvalue weighted by molar-refractivity contribution is 6.33. The number of carbonyl (C=O) groups is 2. The van der Waals surface area contributed by atoms with Gasteiger partial charge in [-0.25, -0.2) is 13.6 Å². The van der Waals surface area contributed by atoms with Gasteiger partial charge >= 0.3 is 5.97 Å². The van der Waals surface area contributed by atoms with E-state index in [1.54, 1.807) is 0 Å². The fourth-order valence-electron chi connectivity index (χ4n) is 2.10. The summed E-state index contributed by atoms with van der Waals surface area (Å²) in [5.41, 5.74) is 0.827. The number of hydrogen-bond donors (Lipinski definition) is 1. The van der Waals surface area contributed by atoms with Crippen LogP contribution in [0.15, 0.2) is 42.5 Å². The van der Waals surface area contributed by atoms with Crippen molar-refractivity contribution in [1.82, 2.24) is 5.32 Å². The first-order valence-electron chi connectivity index (χ1n) is 7.59. The van der Waals surface area contributed by atoms with Crippen molar-refractivity contribution in [1.29, 1.82) is 0 Å². The topological polar surface area (TPSA) is 55.4 Å². The van der Waals surface area contributed by atoms with Gasteiger partial charge in [0.25, 0.3) is 5.91 Å². The molecule has 0 saturated heterocycles. The standard InChI is InChI=1S/C18H16ClF2NO3/c19-14-10-16(21)15(20)9-13(14)18(24)25-11-17(23)22-8-4-7-12-5-2-1-3-6-12/h1-3,5-6,9-10H,4,7-8,11H2,(H,22,23). The third-order valence-corrected chi connectivity index (χ3v) is 3.68. The lowest BCUT2D eigenvalue weighted by Crippen LogP contribution is -2.29. The number of aryl methyl sites for hydroxylation is 1. The minimum atomic E-state index is -1.22. The summed E-state index contributed by atoms with van der Waals surface area (Å²) >= 11 is 5.66. The lowest BCUT2D eigenvalue weighted by molar-refractivity contribution is -0.124. The second-order valence-electron chi connectivity index (χ2n) is 5.26. The second kappa shape index (κ2) is 9.13. The van der Waals surface area contributed by atoms with E-state index < -0.39 is 30.1 Å². The molecule has 25 heavy (non-hydrogen) atoms. The highest BCUT2D eigenvalue weighted by Gasteiger charge is 2.17. The van der Waals surface area contributed by atoms with E-state index in [0.717, 1.165) is 18.4 Å². The smallest absolute Gasteiger partial charge is 0.340 e. The number of benzene rings is 2. The zero-order valence-corrected chi connectivity index (χ0v) is 14.0. The van der Waals surface area contributed by atoms with E-state index in [2.05, 4.69) is 5.32 Å². The quantitative estimate of drug-likeness (QED) is 0.463. The molecule has 2 rings (SSSR count). The van der Waals surface area contributed by atoms with Crippen molar-refractivity contribution in [3.8, 4) is 0 Å². The molecule has 1 amide bonds. The van der Waals surface area contributed by atoms with Gasteiger partial charge < -0.3 is 10.1 Å². The number of ether oxygens (including phenoxy) is 1. The van der Waals surface area contributed by atoms with Gasteiger partial charge in [0.1, 0.15) is 0 Å². The summed E-state index contributed by atoms with van der Waals surface area (Å²) in [6.45, 7) is -0.100. The second-order valence-corrected chi connectivity index (χ2v) is 5.67. The summed E-state index contributed by atoms with van der Waals surface area (Å²) in [7, 11) is 0. The number of hydrogen-bond acceptors (Lipinski definition) is 3. The van der Waals surface area contributed by atoms with Gasteiger partial charge in [-0.3, -0.25) is 4.79 Å². The molecule has 0 spiro atoms. The maximum Gasteiger partial charge on any atom is 0.340 e. The van der Waals surface area contributed by atoms with Crippen LogP contribution in [0.2, 0.25) is 5.02 Å². The Hall–Kier alpha value is -2.47. The third kappa shape index (κ3) is 5.83. The number of esters is 1. The molecule has 0 aliphatic rings. The summed E-state index contributed by atoms with van der Waals surface area (Å²) in [5, 5.41) is 2.33. The first-order chi connectivity index (χ1) is 12.0. The van der Waals surface area contributed by atoms with Gasteiger partial charge in [0.05, 0.1) is 10.6 Å². The average molecular weight is 368 g/mol. The molecule has 0 bridgehead atoms. The van der Waals surface area contributed by atoms with E-state index >= 15 is 0 Å². The van der Waals surface area contributed by atoms with Crippen LogP contribution < -0.4 is 5.32 Å². The van der Waals surface area contributed by atoms with E-state index in [-0.39, 0.29) is 10.6 Å². The normalized spacial score (nSPS) is 10.4. The van der Waals surface area contributed by atoms with Gasteiger partial charge in [-0.15, -0.1) is 0 Å². The van der Waals surface area contributed by atoms with Crippen LogP contribution in [0.4, 0.5) is 8.78 Å². The van der Waals surface area contributed by atoms with Crippen molar-refractivity contribution in [2.45, 2.75) is 12.8 Å². The summed E-state index contributed by atoms with van der Waals surface area (Å²) in [6.07, 6.45) is 1.55. The number of nitrogens with one attached hydrogen (secondary N) is 1. The molecule has 0 fully saturated rings. The molecule has 7 heteroatoms. The summed E-state index contributed by atoms with van der Waals surface area (Å²) in [6, 6.07) is 11.1. The zero-order chi connectivity index (χ0) is 18.2. The fraction of sp³-hybridized carbons (Fsp3) is 0.222. The molecule has 0 aromatic heterocycles. The Balaban J connectivity index is 1.72. The monoisotopic (exact) mass is 367 g/mol. The van der Waals surface area contributed by atoms with E-state index in [4.69, 9.17) is 16.3 Å². The van der Waals surface area contributed by atoms with Crippen LogP contribution in [0.5, 0.6) is 0 Å². The van der Waals surface area contributed by atoms with Crippen LogP contribution >= 0.6 is 11.6 Å². The Kier molecular flexibility index (Phi) is 6.89. The Morgan fingerprint density at radius 3 is 2.48 bits per heavy atom. The molecule has 132 valence electrons. The molecule has 1 N–H and O–H groups in total. The van der Waals surface area contributed by atoms with Crippen molar-refractivity contribution in [2.24, 2.45) is 0 Å². The molecule has 4 nitrogen and oxygen atoms in total. The van der Waals surface area contributed by atoms with E-state index in [1.807, 2.05) is 30.3 Å². The van der Waals surface area contributed by atoms with Crippen molar-refractivity contribution in [2.75, 3.05) is 13.2 Å². The largest absolute Gasteiger partial charge is 0.452 e. The van der Waals surface area contributed by atoms with E-state index in [0.29, 0.717) is 18.7 Å². The Bertz CT molecular complexity index is 753. The summed E-state index contributed by atoms with van der Waals surface area (Å²) < 4.78 is 30.9. The van der Waals surface area contributed by atoms with Gasteiger partial charge in [0.15, 0.2) is 18.2 Å². The van der Waals surface area contributed by atoms with Crippen LogP contribution in [0.25, 0.3) is 0 Å². The maximum absolute atomic E-state index is 13.1. The predicted molar refractivity (Wildman–Crippen MR) is 89.4 cm³/mol. The van der Waals surface area contributed by atoms with Gasteiger partial charge in [0.2, 0.25) is 0 Å². The highest BCUT2D eigenvalue weighted by Crippen LogP contribution is 2.20. The van der Waals surface area contributed by atoms with Crippen LogP contribution in [0.3, 0.4) is 0 Å². The Morgan fingerprint density at radius 1 is 1.08 bits per heavy atom. The molecular formula is C18H16ClF2NO3. The van der Waals surface area contributed by atoms with Crippen LogP contribution in [-0.2, 0) is 16.0 Å². The molecule has 0 unspecified atom stereocenters. The van der Waals surface area contributed by atoms with Crippen molar-refractivity contribution in [3.05, 3.63) is 70.2 Å². The molecule has 0 aliphatic carbocycles. The maximum atomic E-state index is 13.1. The first kappa shape index (κ1) is 18.9. The number of halogens is 3. The van der Waals surface area contributed by atoms with E-state index in [1.165, 1.54) is 0 Å². The number of rotatable bonds is 7. The highest BCUT2D eigenvalue weighted by atomic mass is 35.5. The number of amides is 1. The summed E-state index contributed by atoms with van der Waals surface area (Å²) in [4.78, 5) is 23.4. The average Bonchev–Trinajstić information content (AvgIpc) is 2.60. The van der Waals surface area contributed by atoms with Crippen molar-refractivity contribution >= 4 is 23.5 Å². The Morgan fingerprint density at radius 2 is 1.76 bits per heavy atom. The van der Waals surface area contributed by atoms with Gasteiger partial charge in [-0.1, -0.05) is 41.9 Å². The molecule has 0 aliphatic heterocycles. The van der Waals surface area contributed by atoms with Crippen molar-refractivity contribution in [3.63, 3.8) is 0 Å². The van der Waals surface area contributed by atoms with Crippen LogP contribution in [-0.4, -0.2) is 25.0 Å². The first-order valence-corrected chi connectivity index (χ1v) is 7.97. The molecule has 0 atom stereocenters. The van der Waals surface area contributed by atoms with Crippen molar-refractivity contribution < 1.29 is 23.1 Å². The number of carbonyl (C=O) groups excluding carboxylic acids is 2. The molecule has 2 aromatic carbocycles. The van der Waals surface area contributed by atoms with Crippen LogP contribution in [0, 0.1) is 11.6 Å². The van der Waals surface area contributed by atoms with Gasteiger partial charge in [0, 0.05) is 6.54 Å². The lowest BCUT2D eigenvalue weighted by atomic mass is 10.1. The zero-order valence-electron chi connectivity index (χ0n) is 13.2. The SMILES string of the molecule is O=C(COC(=O)c1cc(F)c(F)cc1Cl)NCCCc1ccccc1. The Labute approximate surface area is 148 Å². The van der Waals surface area contributed by atoms with E-state index in [9.17, 15) is 18.4 Å². The molecule has 0 saturated carbocycles. The third-order valence-electron chi connectivity index (χ3n) is 3.37. The molecule has 0 radical (unpaired) electrons. The predicted octanol–water partition coefficient (Wildman–Crippen LogP) is 3.52. The molecule has 0 heterocycles. The minimum Gasteiger partial charge on any atom is -0.452 e. The molecule has 2 aromatic rings. The minimum absolute atomic E-state index is 0.285. The lowest BCUT2D eigenvalue weighted by Gasteiger charge is -2.08. The fourth-order valence-corrected chi connectivity index (χ4v) is 2.33. The van der Waals surface area contributed by atoms with Gasteiger partial charge in [-0.05, 0) is 30.5 Å². The summed E-state index contributed by atoms with van der Waals surface area (Å²) in [5.74, 6) is -3.87. The van der Waals surface area contributed by atoms with Crippen LogP contribution in [0.1, 0.15) is 22.3 Å². The molecular weight excluding hydrogens is 352 g/mol.